The number of Topliss-reactive ketones (excluding diaryl/α,β-unsaturated/α-hetero) is 1. The summed E-state index contributed by atoms with van der Waals surface area (Å²) in [6.45, 7) is 6.12. The molecule has 0 heterocycles. The van der Waals surface area contributed by atoms with Gasteiger partial charge >= 0.3 is 0 Å². The SMILES string of the molecule is CC1=C(CC(=O)C(C)C)CCC1. The van der Waals surface area contributed by atoms with E-state index >= 15 is 0 Å². The maximum Gasteiger partial charge on any atom is 0.139 e. The summed E-state index contributed by atoms with van der Waals surface area (Å²) in [5, 5.41) is 0. The van der Waals surface area contributed by atoms with Crippen molar-refractivity contribution >= 4 is 5.78 Å². The van der Waals surface area contributed by atoms with Crippen molar-refractivity contribution in [3.8, 4) is 0 Å². The van der Waals surface area contributed by atoms with Gasteiger partial charge < -0.3 is 0 Å². The Balaban J connectivity index is 2.51. The van der Waals surface area contributed by atoms with Gasteiger partial charge in [-0.25, -0.2) is 0 Å². The molecule has 1 heteroatoms. The van der Waals surface area contributed by atoms with Crippen LogP contribution < -0.4 is 0 Å². The molecule has 0 atom stereocenters. The molecule has 68 valence electrons. The minimum absolute atomic E-state index is 0.200. The fourth-order valence-corrected chi connectivity index (χ4v) is 1.61. The number of carbonyl (C=O) groups excluding carboxylic acids is 1. The van der Waals surface area contributed by atoms with E-state index in [1.807, 2.05) is 13.8 Å². The van der Waals surface area contributed by atoms with E-state index in [1.165, 1.54) is 24.0 Å². The van der Waals surface area contributed by atoms with E-state index in [4.69, 9.17) is 0 Å². The molecule has 0 aliphatic heterocycles. The fraction of sp³-hybridized carbons (Fsp3) is 0.727. The lowest BCUT2D eigenvalue weighted by molar-refractivity contribution is -0.121. The molecular formula is C11H18O. The molecule has 0 amide bonds. The lowest BCUT2D eigenvalue weighted by Crippen LogP contribution is -2.07. The highest BCUT2D eigenvalue weighted by Gasteiger charge is 2.15. The first-order chi connectivity index (χ1) is 5.61. The highest BCUT2D eigenvalue weighted by molar-refractivity contribution is 5.82. The second-order valence-corrected chi connectivity index (χ2v) is 4.04. The van der Waals surface area contributed by atoms with Gasteiger partial charge in [0, 0.05) is 12.3 Å². The predicted octanol–water partition coefficient (Wildman–Crippen LogP) is 3.10. The molecule has 0 spiro atoms. The zero-order valence-electron chi connectivity index (χ0n) is 8.31. The highest BCUT2D eigenvalue weighted by atomic mass is 16.1. The van der Waals surface area contributed by atoms with Crippen molar-refractivity contribution < 1.29 is 4.79 Å². The van der Waals surface area contributed by atoms with Crippen molar-refractivity contribution in [2.24, 2.45) is 5.92 Å². The van der Waals surface area contributed by atoms with Crippen LogP contribution in [0.2, 0.25) is 0 Å². The van der Waals surface area contributed by atoms with E-state index in [0.29, 0.717) is 12.2 Å². The minimum Gasteiger partial charge on any atom is -0.299 e. The first kappa shape index (κ1) is 9.50. The third kappa shape index (κ3) is 2.20. The molecule has 0 aromatic carbocycles. The Labute approximate surface area is 74.9 Å². The van der Waals surface area contributed by atoms with Crippen LogP contribution in [0.1, 0.15) is 46.5 Å². The van der Waals surface area contributed by atoms with Crippen LogP contribution in [0.15, 0.2) is 11.1 Å². The summed E-state index contributed by atoms with van der Waals surface area (Å²) >= 11 is 0. The first-order valence-corrected chi connectivity index (χ1v) is 4.81. The highest BCUT2D eigenvalue weighted by Crippen LogP contribution is 2.28. The van der Waals surface area contributed by atoms with Crippen LogP contribution in [-0.4, -0.2) is 5.78 Å². The minimum atomic E-state index is 0.200. The summed E-state index contributed by atoms with van der Waals surface area (Å²) < 4.78 is 0. The molecule has 0 radical (unpaired) electrons. The van der Waals surface area contributed by atoms with E-state index in [2.05, 4.69) is 6.92 Å². The van der Waals surface area contributed by atoms with Crippen molar-refractivity contribution in [3.05, 3.63) is 11.1 Å². The molecule has 0 fully saturated rings. The molecule has 0 unspecified atom stereocenters. The molecule has 1 rings (SSSR count). The standard InChI is InChI=1S/C11H18O/c1-8(2)11(12)7-10-6-4-5-9(10)3/h8H,4-7H2,1-3H3. The first-order valence-electron chi connectivity index (χ1n) is 4.81. The van der Waals surface area contributed by atoms with Gasteiger partial charge in [-0.15, -0.1) is 0 Å². The van der Waals surface area contributed by atoms with Crippen LogP contribution in [0.25, 0.3) is 0 Å². The van der Waals surface area contributed by atoms with Gasteiger partial charge in [-0.2, -0.15) is 0 Å². The Kier molecular flexibility index (Phi) is 3.07. The van der Waals surface area contributed by atoms with Gasteiger partial charge in [-0.1, -0.05) is 25.0 Å². The monoisotopic (exact) mass is 166 g/mol. The zero-order valence-corrected chi connectivity index (χ0v) is 8.31. The Morgan fingerprint density at radius 1 is 1.42 bits per heavy atom. The van der Waals surface area contributed by atoms with Gasteiger partial charge in [0.15, 0.2) is 0 Å². The third-order valence-corrected chi connectivity index (χ3v) is 2.67. The van der Waals surface area contributed by atoms with Gasteiger partial charge in [-0.05, 0) is 26.2 Å². The molecule has 1 aliphatic carbocycles. The lowest BCUT2D eigenvalue weighted by Gasteiger charge is -2.05. The number of allylic oxidation sites excluding steroid dienone is 2. The number of rotatable bonds is 3. The van der Waals surface area contributed by atoms with Crippen molar-refractivity contribution in [2.45, 2.75) is 46.5 Å². The molecule has 0 aromatic heterocycles. The Hall–Kier alpha value is -0.590. The molecule has 0 saturated heterocycles. The number of carbonyl (C=O) groups is 1. The van der Waals surface area contributed by atoms with Crippen LogP contribution in [0.4, 0.5) is 0 Å². The van der Waals surface area contributed by atoms with Gasteiger partial charge in [0.1, 0.15) is 5.78 Å². The zero-order chi connectivity index (χ0) is 9.14. The van der Waals surface area contributed by atoms with Crippen LogP contribution in [0, 0.1) is 5.92 Å². The fourth-order valence-electron chi connectivity index (χ4n) is 1.61. The summed E-state index contributed by atoms with van der Waals surface area (Å²) in [7, 11) is 0. The predicted molar refractivity (Wildman–Crippen MR) is 51.0 cm³/mol. The molecule has 0 N–H and O–H groups in total. The Morgan fingerprint density at radius 3 is 2.50 bits per heavy atom. The molecular weight excluding hydrogens is 148 g/mol. The van der Waals surface area contributed by atoms with Crippen molar-refractivity contribution in [1.82, 2.24) is 0 Å². The van der Waals surface area contributed by atoms with E-state index in [9.17, 15) is 4.79 Å². The number of hydrogen-bond donors (Lipinski definition) is 0. The van der Waals surface area contributed by atoms with E-state index in [0.717, 1.165) is 6.42 Å². The Morgan fingerprint density at radius 2 is 2.08 bits per heavy atom. The maximum atomic E-state index is 11.4. The van der Waals surface area contributed by atoms with Crippen LogP contribution in [-0.2, 0) is 4.79 Å². The molecule has 0 aromatic rings. The normalized spacial score (nSPS) is 17.7. The summed E-state index contributed by atoms with van der Waals surface area (Å²) in [6.07, 6.45) is 4.33. The van der Waals surface area contributed by atoms with E-state index < -0.39 is 0 Å². The summed E-state index contributed by atoms with van der Waals surface area (Å²) in [5.41, 5.74) is 2.87. The largest absolute Gasteiger partial charge is 0.299 e. The Bertz CT molecular complexity index is 211. The van der Waals surface area contributed by atoms with E-state index in [-0.39, 0.29) is 5.92 Å². The summed E-state index contributed by atoms with van der Waals surface area (Å²) in [4.78, 5) is 11.4. The van der Waals surface area contributed by atoms with Gasteiger partial charge in [0.05, 0.1) is 0 Å². The maximum absolute atomic E-state index is 11.4. The second kappa shape index (κ2) is 3.88. The van der Waals surface area contributed by atoms with Gasteiger partial charge in [0.25, 0.3) is 0 Å². The van der Waals surface area contributed by atoms with Gasteiger partial charge in [0.2, 0.25) is 0 Å². The molecule has 12 heavy (non-hydrogen) atoms. The molecule has 0 bridgehead atoms. The molecule has 1 aliphatic rings. The van der Waals surface area contributed by atoms with Gasteiger partial charge in [-0.3, -0.25) is 4.79 Å². The summed E-state index contributed by atoms with van der Waals surface area (Å²) in [6, 6.07) is 0. The number of ketones is 1. The van der Waals surface area contributed by atoms with Crippen molar-refractivity contribution in [1.29, 1.82) is 0 Å². The third-order valence-electron chi connectivity index (χ3n) is 2.67. The number of hydrogen-bond acceptors (Lipinski definition) is 1. The smallest absolute Gasteiger partial charge is 0.139 e. The molecule has 1 nitrogen and oxygen atoms in total. The van der Waals surface area contributed by atoms with Crippen molar-refractivity contribution in [2.75, 3.05) is 0 Å². The quantitative estimate of drug-likeness (QED) is 0.589. The summed E-state index contributed by atoms with van der Waals surface area (Å²) in [5.74, 6) is 0.595. The van der Waals surface area contributed by atoms with E-state index in [1.54, 1.807) is 0 Å². The van der Waals surface area contributed by atoms with Crippen LogP contribution in [0.5, 0.6) is 0 Å². The molecule has 0 saturated carbocycles. The topological polar surface area (TPSA) is 17.1 Å². The average molecular weight is 166 g/mol. The van der Waals surface area contributed by atoms with Crippen LogP contribution in [0.3, 0.4) is 0 Å². The van der Waals surface area contributed by atoms with Crippen LogP contribution >= 0.6 is 0 Å². The second-order valence-electron chi connectivity index (χ2n) is 4.04. The van der Waals surface area contributed by atoms with Crippen molar-refractivity contribution in [3.63, 3.8) is 0 Å². The lowest BCUT2D eigenvalue weighted by atomic mass is 9.99. The average Bonchev–Trinajstić information content (AvgIpc) is 2.36.